The van der Waals surface area contributed by atoms with Crippen molar-refractivity contribution in [3.05, 3.63) is 11.9 Å². The van der Waals surface area contributed by atoms with Crippen LogP contribution in [-0.2, 0) is 10.0 Å². The number of hydrogen-bond acceptors (Lipinski definition) is 4. The van der Waals surface area contributed by atoms with E-state index in [-0.39, 0.29) is 10.9 Å². The quantitative estimate of drug-likeness (QED) is 0.866. The summed E-state index contributed by atoms with van der Waals surface area (Å²) in [4.78, 5) is 2.50. The summed E-state index contributed by atoms with van der Waals surface area (Å²) in [6.45, 7) is 3.60. The van der Waals surface area contributed by atoms with Crippen LogP contribution in [0.4, 0.5) is 0 Å². The van der Waals surface area contributed by atoms with E-state index in [0.29, 0.717) is 5.69 Å². The summed E-state index contributed by atoms with van der Waals surface area (Å²) < 4.78 is 26.4. The molecule has 0 amide bonds. The zero-order valence-corrected chi connectivity index (χ0v) is 11.9. The molecule has 0 aromatic carbocycles. The average Bonchev–Trinajstić information content (AvgIpc) is 2.76. The minimum atomic E-state index is -3.42. The number of piperidine rings is 1. The van der Waals surface area contributed by atoms with Gasteiger partial charge in [-0.25, -0.2) is 8.42 Å². The van der Waals surface area contributed by atoms with Gasteiger partial charge in [-0.15, -0.1) is 0 Å². The topological polar surface area (TPSA) is 69.3 Å². The maximum Gasteiger partial charge on any atom is 0.246 e. The van der Waals surface area contributed by atoms with Crippen LogP contribution in [0.3, 0.4) is 0 Å². The van der Waals surface area contributed by atoms with Crippen molar-refractivity contribution in [2.75, 3.05) is 27.2 Å². The molecule has 1 aliphatic heterocycles. The summed E-state index contributed by atoms with van der Waals surface area (Å²) in [7, 11) is 0.303. The number of aromatic amines is 1. The van der Waals surface area contributed by atoms with Gasteiger partial charge in [-0.2, -0.15) is 9.40 Å². The number of aromatic nitrogens is 2. The highest BCUT2D eigenvalue weighted by atomic mass is 32.2. The van der Waals surface area contributed by atoms with E-state index in [1.165, 1.54) is 10.5 Å². The van der Waals surface area contributed by atoms with Crippen molar-refractivity contribution < 1.29 is 8.42 Å². The Balaban J connectivity index is 2.18. The van der Waals surface area contributed by atoms with Gasteiger partial charge in [0, 0.05) is 13.1 Å². The second-order valence-electron chi connectivity index (χ2n) is 4.91. The number of aryl methyl sites for hydroxylation is 1. The van der Waals surface area contributed by atoms with Gasteiger partial charge in [0.1, 0.15) is 4.90 Å². The van der Waals surface area contributed by atoms with Crippen LogP contribution in [0.5, 0.6) is 0 Å². The van der Waals surface area contributed by atoms with Gasteiger partial charge in [0.05, 0.1) is 11.9 Å². The van der Waals surface area contributed by atoms with Crippen LogP contribution >= 0.6 is 0 Å². The Bertz CT molecular complexity index is 503. The summed E-state index contributed by atoms with van der Waals surface area (Å²) in [6, 6.07) is 0.0838. The van der Waals surface area contributed by atoms with E-state index in [1.54, 1.807) is 14.0 Å². The van der Waals surface area contributed by atoms with Gasteiger partial charge in [-0.3, -0.25) is 5.10 Å². The van der Waals surface area contributed by atoms with Crippen molar-refractivity contribution in [2.24, 2.45) is 0 Å². The Morgan fingerprint density at radius 1 is 1.44 bits per heavy atom. The molecule has 0 saturated carbocycles. The first-order valence-corrected chi connectivity index (χ1v) is 7.53. The number of rotatable bonds is 3. The third-order valence-electron chi connectivity index (χ3n) is 3.64. The molecule has 0 radical (unpaired) electrons. The monoisotopic (exact) mass is 272 g/mol. The summed E-state index contributed by atoms with van der Waals surface area (Å²) >= 11 is 0. The molecule has 1 aliphatic rings. The first kappa shape index (κ1) is 13.5. The Kier molecular flexibility index (Phi) is 3.74. The van der Waals surface area contributed by atoms with Crippen molar-refractivity contribution in [3.63, 3.8) is 0 Å². The van der Waals surface area contributed by atoms with Gasteiger partial charge >= 0.3 is 0 Å². The van der Waals surface area contributed by atoms with Gasteiger partial charge in [0.25, 0.3) is 0 Å². The Hall–Kier alpha value is -0.920. The number of nitrogens with zero attached hydrogens (tertiary/aromatic N) is 3. The summed E-state index contributed by atoms with van der Waals surface area (Å²) in [5, 5.41) is 6.46. The molecule has 0 bridgehead atoms. The van der Waals surface area contributed by atoms with E-state index in [0.717, 1.165) is 25.9 Å². The van der Waals surface area contributed by atoms with Crippen molar-refractivity contribution in [3.8, 4) is 0 Å². The average molecular weight is 272 g/mol. The molecule has 1 saturated heterocycles. The van der Waals surface area contributed by atoms with Crippen LogP contribution in [0.25, 0.3) is 0 Å². The standard InChI is InChI=1S/C11H20N4O2S/c1-9-11(8-12-13-9)18(16,17)15(3)10-4-6-14(2)7-5-10/h8,10H,4-7H2,1-3H3,(H,12,13). The fourth-order valence-electron chi connectivity index (χ4n) is 2.31. The molecular weight excluding hydrogens is 252 g/mol. The predicted molar refractivity (Wildman–Crippen MR) is 68.8 cm³/mol. The highest BCUT2D eigenvalue weighted by Gasteiger charge is 2.31. The van der Waals surface area contributed by atoms with E-state index in [4.69, 9.17) is 0 Å². The third kappa shape index (κ3) is 2.43. The molecule has 1 aromatic rings. The zero-order valence-electron chi connectivity index (χ0n) is 11.0. The van der Waals surface area contributed by atoms with Gasteiger partial charge < -0.3 is 4.90 Å². The van der Waals surface area contributed by atoms with Crippen LogP contribution in [0.1, 0.15) is 18.5 Å². The molecule has 2 rings (SSSR count). The molecule has 7 heteroatoms. The summed E-state index contributed by atoms with van der Waals surface area (Å²) in [5.41, 5.74) is 0.592. The molecule has 0 aliphatic carbocycles. The largest absolute Gasteiger partial charge is 0.306 e. The minimum absolute atomic E-state index is 0.0838. The molecule has 1 aromatic heterocycles. The van der Waals surface area contributed by atoms with Crippen molar-refractivity contribution in [2.45, 2.75) is 30.7 Å². The first-order chi connectivity index (χ1) is 8.43. The van der Waals surface area contributed by atoms with E-state index in [9.17, 15) is 8.42 Å². The van der Waals surface area contributed by atoms with Crippen LogP contribution in [0.15, 0.2) is 11.1 Å². The molecular formula is C11H20N4O2S. The molecule has 1 N–H and O–H groups in total. The SMILES string of the molecule is Cc1[nH]ncc1S(=O)(=O)N(C)C1CCN(C)CC1. The highest BCUT2D eigenvalue weighted by molar-refractivity contribution is 7.89. The fourth-order valence-corrected chi connectivity index (χ4v) is 3.84. The van der Waals surface area contributed by atoms with Crippen LogP contribution in [0.2, 0.25) is 0 Å². The smallest absolute Gasteiger partial charge is 0.246 e. The maximum atomic E-state index is 12.4. The summed E-state index contributed by atoms with van der Waals surface area (Å²) in [5.74, 6) is 0. The van der Waals surface area contributed by atoms with Crippen molar-refractivity contribution in [1.29, 1.82) is 0 Å². The second-order valence-corrected chi connectivity index (χ2v) is 6.88. The normalized spacial score (nSPS) is 19.6. The number of H-pyrrole nitrogens is 1. The number of sulfonamides is 1. The summed E-state index contributed by atoms with van der Waals surface area (Å²) in [6.07, 6.45) is 3.14. The van der Waals surface area contributed by atoms with Gasteiger partial charge in [0.2, 0.25) is 10.0 Å². The molecule has 18 heavy (non-hydrogen) atoms. The zero-order chi connectivity index (χ0) is 13.3. The maximum absolute atomic E-state index is 12.4. The molecule has 0 atom stereocenters. The lowest BCUT2D eigenvalue weighted by Gasteiger charge is -2.34. The third-order valence-corrected chi connectivity index (χ3v) is 5.67. The predicted octanol–water partition coefficient (Wildman–Crippen LogP) is 0.433. The second kappa shape index (κ2) is 4.99. The van der Waals surface area contributed by atoms with E-state index >= 15 is 0 Å². The lowest BCUT2D eigenvalue weighted by atomic mass is 10.1. The Labute approximate surface area is 108 Å². The van der Waals surface area contributed by atoms with Crippen molar-refractivity contribution in [1.82, 2.24) is 19.4 Å². The molecule has 0 spiro atoms. The van der Waals surface area contributed by atoms with E-state index in [1.807, 2.05) is 0 Å². The fraction of sp³-hybridized carbons (Fsp3) is 0.727. The molecule has 102 valence electrons. The lowest BCUT2D eigenvalue weighted by molar-refractivity contribution is 0.197. The number of nitrogens with one attached hydrogen (secondary N) is 1. The molecule has 2 heterocycles. The molecule has 0 unspecified atom stereocenters. The van der Waals surface area contributed by atoms with Crippen LogP contribution in [-0.4, -0.2) is 61.0 Å². The lowest BCUT2D eigenvalue weighted by Crippen LogP contribution is -2.44. The molecule has 6 nitrogen and oxygen atoms in total. The number of likely N-dealkylation sites (tertiary alicyclic amines) is 1. The number of hydrogen-bond donors (Lipinski definition) is 1. The first-order valence-electron chi connectivity index (χ1n) is 6.09. The Morgan fingerprint density at radius 2 is 2.06 bits per heavy atom. The molecule has 1 fully saturated rings. The van der Waals surface area contributed by atoms with Gasteiger partial charge in [-0.05, 0) is 39.9 Å². The van der Waals surface area contributed by atoms with E-state index in [2.05, 4.69) is 22.1 Å². The van der Waals surface area contributed by atoms with Gasteiger partial charge in [0.15, 0.2) is 0 Å². The van der Waals surface area contributed by atoms with Crippen LogP contribution in [0, 0.1) is 6.92 Å². The minimum Gasteiger partial charge on any atom is -0.306 e. The van der Waals surface area contributed by atoms with Gasteiger partial charge in [-0.1, -0.05) is 0 Å². The highest BCUT2D eigenvalue weighted by Crippen LogP contribution is 2.23. The van der Waals surface area contributed by atoms with Crippen LogP contribution < -0.4 is 0 Å². The van der Waals surface area contributed by atoms with Crippen molar-refractivity contribution >= 4 is 10.0 Å². The van der Waals surface area contributed by atoms with E-state index < -0.39 is 10.0 Å². The Morgan fingerprint density at radius 3 is 2.56 bits per heavy atom.